The van der Waals surface area contributed by atoms with Crippen molar-refractivity contribution in [1.82, 2.24) is 10.6 Å². The van der Waals surface area contributed by atoms with Crippen LogP contribution in [0.4, 0.5) is 4.79 Å². The Morgan fingerprint density at radius 3 is 1.88 bits per heavy atom. The van der Waals surface area contributed by atoms with Crippen LogP contribution >= 0.6 is 12.6 Å². The smallest absolute Gasteiger partial charge is 0.407 e. The van der Waals surface area contributed by atoms with Crippen molar-refractivity contribution < 1.29 is 14.3 Å². The molecule has 0 atom stereocenters. The molecule has 0 aromatic carbocycles. The molecule has 0 heterocycles. The second kappa shape index (κ2) is 26.0. The molecule has 186 valence electrons. The molecule has 2 amide bonds. The van der Waals surface area contributed by atoms with E-state index in [1.54, 1.807) is 0 Å². The lowest BCUT2D eigenvalue weighted by atomic mass is 10.1. The van der Waals surface area contributed by atoms with E-state index in [9.17, 15) is 9.59 Å². The second-order valence-corrected chi connectivity index (χ2v) is 7.89. The van der Waals surface area contributed by atoms with E-state index in [1.165, 1.54) is 0 Å². The Morgan fingerprint density at radius 1 is 0.727 bits per heavy atom. The fraction of sp³-hybridized carbons (Fsp3) is 0.556. The maximum atomic E-state index is 11.7. The average molecular weight is 477 g/mol. The number of alkyl carbamates (subject to hydrolysis) is 1. The number of hydrogen-bond donors (Lipinski definition) is 3. The van der Waals surface area contributed by atoms with Gasteiger partial charge in [-0.15, -0.1) is 0 Å². The molecule has 0 aliphatic heterocycles. The van der Waals surface area contributed by atoms with E-state index in [4.69, 9.17) is 4.74 Å². The Morgan fingerprint density at radius 2 is 1.30 bits per heavy atom. The summed E-state index contributed by atoms with van der Waals surface area (Å²) in [6.07, 6.45) is 31.2. The molecule has 0 aromatic heterocycles. The highest BCUT2D eigenvalue weighted by atomic mass is 32.1. The minimum absolute atomic E-state index is 0.00393. The summed E-state index contributed by atoms with van der Waals surface area (Å²) in [6, 6.07) is 0. The number of nitrogens with one attached hydrogen (secondary N) is 2. The SMILES string of the molecule is CCC=CCC=CCC=CCC=CCC=CCCCCCC(=O)NCCOC(=O)NCCS. The molecule has 0 aliphatic rings. The van der Waals surface area contributed by atoms with Gasteiger partial charge in [0.25, 0.3) is 0 Å². The molecular formula is C27H44N2O3S. The molecule has 0 radical (unpaired) electrons. The van der Waals surface area contributed by atoms with Crippen LogP contribution in [0.5, 0.6) is 0 Å². The first-order chi connectivity index (χ1) is 16.2. The second-order valence-electron chi connectivity index (χ2n) is 7.44. The van der Waals surface area contributed by atoms with Crippen LogP contribution in [0.1, 0.15) is 71.1 Å². The Balaban J connectivity index is 3.48. The van der Waals surface area contributed by atoms with Crippen LogP contribution in [0.25, 0.3) is 0 Å². The highest BCUT2D eigenvalue weighted by molar-refractivity contribution is 7.80. The molecule has 0 aliphatic carbocycles. The quantitative estimate of drug-likeness (QED) is 0.107. The van der Waals surface area contributed by atoms with E-state index in [0.29, 0.717) is 25.3 Å². The minimum atomic E-state index is -0.478. The molecule has 2 N–H and O–H groups in total. The van der Waals surface area contributed by atoms with Crippen LogP contribution < -0.4 is 10.6 Å². The zero-order valence-corrected chi connectivity index (χ0v) is 21.2. The van der Waals surface area contributed by atoms with Crippen LogP contribution in [0, 0.1) is 0 Å². The molecule has 6 heteroatoms. The van der Waals surface area contributed by atoms with Gasteiger partial charge in [-0.2, -0.15) is 12.6 Å². The fourth-order valence-electron chi connectivity index (χ4n) is 2.72. The average Bonchev–Trinajstić information content (AvgIpc) is 2.82. The van der Waals surface area contributed by atoms with Gasteiger partial charge in [-0.1, -0.05) is 74.1 Å². The van der Waals surface area contributed by atoms with Crippen LogP contribution in [0.2, 0.25) is 0 Å². The number of carbonyl (C=O) groups excluding carboxylic acids is 2. The van der Waals surface area contributed by atoms with Crippen LogP contribution in [0.15, 0.2) is 60.8 Å². The molecule has 0 saturated heterocycles. The number of rotatable bonds is 20. The lowest BCUT2D eigenvalue weighted by Gasteiger charge is -2.07. The third-order valence-electron chi connectivity index (χ3n) is 4.47. The third kappa shape index (κ3) is 25.9. The Bertz CT molecular complexity index is 625. The number of carbonyl (C=O) groups is 2. The predicted octanol–water partition coefficient (Wildman–Crippen LogP) is 6.46. The number of ether oxygens (including phenoxy) is 1. The first-order valence-electron chi connectivity index (χ1n) is 12.2. The summed E-state index contributed by atoms with van der Waals surface area (Å²) in [4.78, 5) is 22.9. The van der Waals surface area contributed by atoms with Crippen LogP contribution in [-0.4, -0.2) is 37.4 Å². The van der Waals surface area contributed by atoms with E-state index in [-0.39, 0.29) is 12.5 Å². The van der Waals surface area contributed by atoms with Gasteiger partial charge < -0.3 is 15.4 Å². The van der Waals surface area contributed by atoms with Gasteiger partial charge in [-0.3, -0.25) is 4.79 Å². The van der Waals surface area contributed by atoms with E-state index >= 15 is 0 Å². The number of allylic oxidation sites excluding steroid dienone is 10. The summed E-state index contributed by atoms with van der Waals surface area (Å²) in [5.74, 6) is 0.566. The minimum Gasteiger partial charge on any atom is -0.448 e. The zero-order valence-electron chi connectivity index (χ0n) is 20.3. The Kier molecular flexibility index (Phi) is 24.3. The molecule has 0 unspecified atom stereocenters. The topological polar surface area (TPSA) is 67.4 Å². The number of thiol groups is 1. The van der Waals surface area contributed by atoms with E-state index in [0.717, 1.165) is 57.8 Å². The summed E-state index contributed by atoms with van der Waals surface area (Å²) >= 11 is 3.99. The highest BCUT2D eigenvalue weighted by Gasteiger charge is 2.02. The van der Waals surface area contributed by atoms with Crippen molar-refractivity contribution >= 4 is 24.6 Å². The first kappa shape index (κ1) is 30.8. The molecular weight excluding hydrogens is 432 g/mol. The van der Waals surface area contributed by atoms with Crippen molar-refractivity contribution in [3.63, 3.8) is 0 Å². The summed E-state index contributed by atoms with van der Waals surface area (Å²) in [5, 5.41) is 5.31. The monoisotopic (exact) mass is 476 g/mol. The van der Waals surface area contributed by atoms with Crippen molar-refractivity contribution in [3.05, 3.63) is 60.8 Å². The van der Waals surface area contributed by atoms with Gasteiger partial charge in [0.1, 0.15) is 6.61 Å². The lowest BCUT2D eigenvalue weighted by Crippen LogP contribution is -2.31. The number of amides is 2. The molecule has 5 nitrogen and oxygen atoms in total. The van der Waals surface area contributed by atoms with Crippen molar-refractivity contribution in [3.8, 4) is 0 Å². The maximum absolute atomic E-state index is 11.7. The summed E-state index contributed by atoms with van der Waals surface area (Å²) in [6.45, 7) is 3.13. The van der Waals surface area contributed by atoms with E-state index in [2.05, 4.69) is 90.9 Å². The number of unbranched alkanes of at least 4 members (excludes halogenated alkanes) is 3. The molecule has 0 aromatic rings. The predicted molar refractivity (Wildman–Crippen MR) is 144 cm³/mol. The maximum Gasteiger partial charge on any atom is 0.407 e. The van der Waals surface area contributed by atoms with Gasteiger partial charge in [0, 0.05) is 18.7 Å². The summed E-state index contributed by atoms with van der Waals surface area (Å²) < 4.78 is 4.92. The highest BCUT2D eigenvalue weighted by Crippen LogP contribution is 2.04. The fourth-order valence-corrected chi connectivity index (χ4v) is 2.84. The van der Waals surface area contributed by atoms with E-state index in [1.807, 2.05) is 0 Å². The molecule has 33 heavy (non-hydrogen) atoms. The normalized spacial score (nSPS) is 12.1. The number of hydrogen-bond acceptors (Lipinski definition) is 4. The van der Waals surface area contributed by atoms with Crippen molar-refractivity contribution in [2.45, 2.75) is 71.1 Å². The molecule has 0 rings (SSSR count). The van der Waals surface area contributed by atoms with Gasteiger partial charge in [-0.25, -0.2) is 4.79 Å². The first-order valence-corrected chi connectivity index (χ1v) is 12.9. The van der Waals surface area contributed by atoms with E-state index < -0.39 is 6.09 Å². The molecule has 0 bridgehead atoms. The standard InChI is InChI=1S/C27H44N2O3S/c1-2-3-4-5-6-7-8-9-10-11-12-13-14-15-16-17-18-19-20-21-26(30)28-22-24-32-27(31)29-23-25-33/h3-4,6-7,9-10,12-13,15-16,33H,2,5,8,11,14,17-25H2,1H3,(H,28,30)(H,29,31). The Hall–Kier alpha value is -2.21. The molecule has 0 fully saturated rings. The largest absolute Gasteiger partial charge is 0.448 e. The van der Waals surface area contributed by atoms with Gasteiger partial charge in [-0.05, 0) is 51.4 Å². The summed E-state index contributed by atoms with van der Waals surface area (Å²) in [7, 11) is 0. The van der Waals surface area contributed by atoms with Gasteiger partial charge >= 0.3 is 6.09 Å². The third-order valence-corrected chi connectivity index (χ3v) is 4.69. The summed E-state index contributed by atoms with van der Waals surface area (Å²) in [5.41, 5.74) is 0. The molecule has 0 saturated carbocycles. The van der Waals surface area contributed by atoms with Crippen molar-refractivity contribution in [2.75, 3.05) is 25.4 Å². The van der Waals surface area contributed by atoms with Gasteiger partial charge in [0.05, 0.1) is 6.54 Å². The van der Waals surface area contributed by atoms with Gasteiger partial charge in [0.2, 0.25) is 5.91 Å². The Labute approximate surface area is 206 Å². The van der Waals surface area contributed by atoms with Crippen molar-refractivity contribution in [2.24, 2.45) is 0 Å². The zero-order chi connectivity index (χ0) is 24.2. The molecule has 0 spiro atoms. The van der Waals surface area contributed by atoms with Crippen LogP contribution in [0.3, 0.4) is 0 Å². The van der Waals surface area contributed by atoms with Crippen molar-refractivity contribution in [1.29, 1.82) is 0 Å². The lowest BCUT2D eigenvalue weighted by molar-refractivity contribution is -0.121. The van der Waals surface area contributed by atoms with Crippen LogP contribution in [-0.2, 0) is 9.53 Å². The van der Waals surface area contributed by atoms with Gasteiger partial charge in [0.15, 0.2) is 0 Å².